The summed E-state index contributed by atoms with van der Waals surface area (Å²) in [6.07, 6.45) is 7.60. The zero-order chi connectivity index (χ0) is 24.8. The first kappa shape index (κ1) is 24.2. The van der Waals surface area contributed by atoms with Crippen molar-refractivity contribution in [2.24, 2.45) is 0 Å². The molecule has 1 heterocycles. The van der Waals surface area contributed by atoms with Gasteiger partial charge in [-0.2, -0.15) is 0 Å². The van der Waals surface area contributed by atoms with Gasteiger partial charge in [-0.3, -0.25) is 19.3 Å². The van der Waals surface area contributed by atoms with E-state index in [-0.39, 0.29) is 35.6 Å². The minimum atomic E-state index is -0.726. The average molecular weight is 477 g/mol. The minimum Gasteiger partial charge on any atom is -0.496 e. The molecule has 0 aromatic heterocycles. The number of hydrogen-bond donors (Lipinski definition) is 1. The molecule has 182 valence electrons. The number of carbonyl (C=O) groups excluding carboxylic acids is 4. The van der Waals surface area contributed by atoms with Crippen LogP contribution >= 0.6 is 0 Å². The van der Waals surface area contributed by atoms with E-state index in [1.807, 2.05) is 0 Å². The van der Waals surface area contributed by atoms with Gasteiger partial charge in [0.05, 0.1) is 24.8 Å². The molecule has 2 aromatic rings. The molecule has 0 radical (unpaired) electrons. The molecule has 0 fully saturated rings. The highest BCUT2D eigenvalue weighted by atomic mass is 16.5. The van der Waals surface area contributed by atoms with E-state index in [1.54, 1.807) is 36.4 Å². The molecular weight excluding hydrogens is 448 g/mol. The molecule has 4 rings (SSSR count). The van der Waals surface area contributed by atoms with Gasteiger partial charge in [0.15, 0.2) is 6.61 Å². The molecule has 0 bridgehead atoms. The number of carbonyl (C=O) groups is 4. The van der Waals surface area contributed by atoms with Crippen molar-refractivity contribution < 1.29 is 28.7 Å². The van der Waals surface area contributed by atoms with E-state index in [9.17, 15) is 19.2 Å². The summed E-state index contributed by atoms with van der Waals surface area (Å²) in [6.45, 7) is 0.0813. The van der Waals surface area contributed by atoms with E-state index in [0.29, 0.717) is 23.2 Å². The third-order valence-corrected chi connectivity index (χ3v) is 6.19. The van der Waals surface area contributed by atoms with Gasteiger partial charge in [-0.1, -0.05) is 29.8 Å². The van der Waals surface area contributed by atoms with Crippen molar-refractivity contribution in [1.29, 1.82) is 0 Å². The van der Waals surface area contributed by atoms with Crippen molar-refractivity contribution >= 4 is 23.7 Å². The SMILES string of the molecule is COc1ccc(CN2C(=O)c3ccccc3C2=O)cc1C(=O)OCC(=O)NCCC1=CCCCC1. The van der Waals surface area contributed by atoms with Gasteiger partial charge in [0.25, 0.3) is 17.7 Å². The van der Waals surface area contributed by atoms with Crippen molar-refractivity contribution in [2.45, 2.75) is 38.6 Å². The lowest BCUT2D eigenvalue weighted by atomic mass is 9.97. The molecule has 8 nitrogen and oxygen atoms in total. The summed E-state index contributed by atoms with van der Waals surface area (Å²) in [5.41, 5.74) is 2.74. The van der Waals surface area contributed by atoms with Gasteiger partial charge in [0.2, 0.25) is 0 Å². The molecule has 35 heavy (non-hydrogen) atoms. The molecule has 8 heteroatoms. The van der Waals surface area contributed by atoms with Crippen LogP contribution in [-0.2, 0) is 16.1 Å². The number of hydrogen-bond acceptors (Lipinski definition) is 6. The van der Waals surface area contributed by atoms with Gasteiger partial charge in [-0.25, -0.2) is 4.79 Å². The first-order chi connectivity index (χ1) is 17.0. The molecule has 2 aromatic carbocycles. The Balaban J connectivity index is 1.35. The molecule has 1 N–H and O–H groups in total. The Kier molecular flexibility index (Phi) is 7.60. The topological polar surface area (TPSA) is 102 Å². The molecule has 0 saturated carbocycles. The Morgan fingerprint density at radius 2 is 1.77 bits per heavy atom. The van der Waals surface area contributed by atoms with Gasteiger partial charge in [0.1, 0.15) is 11.3 Å². The summed E-state index contributed by atoms with van der Waals surface area (Å²) in [5, 5.41) is 2.77. The van der Waals surface area contributed by atoms with Crippen molar-refractivity contribution in [1.82, 2.24) is 10.2 Å². The van der Waals surface area contributed by atoms with E-state index in [1.165, 1.54) is 31.6 Å². The summed E-state index contributed by atoms with van der Waals surface area (Å²) in [5.74, 6) is -1.60. The molecule has 1 aliphatic carbocycles. The highest BCUT2D eigenvalue weighted by Gasteiger charge is 2.35. The molecule has 0 spiro atoms. The monoisotopic (exact) mass is 476 g/mol. The largest absolute Gasteiger partial charge is 0.496 e. The summed E-state index contributed by atoms with van der Waals surface area (Å²) in [4.78, 5) is 51.3. The predicted molar refractivity (Wildman–Crippen MR) is 128 cm³/mol. The molecule has 3 amide bonds. The number of nitrogens with zero attached hydrogens (tertiary/aromatic N) is 1. The molecule has 0 saturated heterocycles. The van der Waals surface area contributed by atoms with Crippen LogP contribution in [-0.4, -0.2) is 48.9 Å². The van der Waals surface area contributed by atoms with Gasteiger partial charge < -0.3 is 14.8 Å². The number of amides is 3. The van der Waals surface area contributed by atoms with E-state index in [4.69, 9.17) is 9.47 Å². The highest BCUT2D eigenvalue weighted by molar-refractivity contribution is 6.21. The second kappa shape index (κ2) is 11.0. The number of fused-ring (bicyclic) bond motifs is 1. The first-order valence-electron chi connectivity index (χ1n) is 11.7. The van der Waals surface area contributed by atoms with Crippen LogP contribution in [0.15, 0.2) is 54.1 Å². The maximum Gasteiger partial charge on any atom is 0.342 e. The normalized spacial score (nSPS) is 14.9. The van der Waals surface area contributed by atoms with Crippen LogP contribution in [0, 0.1) is 0 Å². The zero-order valence-corrected chi connectivity index (χ0v) is 19.7. The number of esters is 1. The maximum atomic E-state index is 12.7. The first-order valence-corrected chi connectivity index (χ1v) is 11.7. The average Bonchev–Trinajstić information content (AvgIpc) is 3.12. The number of methoxy groups -OCH3 is 1. The fraction of sp³-hybridized carbons (Fsp3) is 0.333. The van der Waals surface area contributed by atoms with Crippen molar-refractivity contribution in [2.75, 3.05) is 20.3 Å². The zero-order valence-electron chi connectivity index (χ0n) is 19.7. The quantitative estimate of drug-likeness (QED) is 0.337. The van der Waals surface area contributed by atoms with E-state index in [0.717, 1.165) is 24.2 Å². The fourth-order valence-electron chi connectivity index (χ4n) is 4.33. The third-order valence-electron chi connectivity index (χ3n) is 6.19. The summed E-state index contributed by atoms with van der Waals surface area (Å²) >= 11 is 0. The van der Waals surface area contributed by atoms with E-state index in [2.05, 4.69) is 11.4 Å². The van der Waals surface area contributed by atoms with Gasteiger partial charge in [0, 0.05) is 6.54 Å². The van der Waals surface area contributed by atoms with Crippen molar-refractivity contribution in [3.8, 4) is 5.75 Å². The summed E-state index contributed by atoms with van der Waals surface area (Å²) < 4.78 is 10.5. The van der Waals surface area contributed by atoms with Crippen LogP contribution in [0.1, 0.15) is 68.7 Å². The van der Waals surface area contributed by atoms with Crippen LogP contribution in [0.2, 0.25) is 0 Å². The fourth-order valence-corrected chi connectivity index (χ4v) is 4.33. The lowest BCUT2D eigenvalue weighted by Gasteiger charge is -2.16. The Morgan fingerprint density at radius 3 is 2.43 bits per heavy atom. The second-order valence-electron chi connectivity index (χ2n) is 8.56. The third kappa shape index (κ3) is 5.59. The molecular formula is C27H28N2O6. The summed E-state index contributed by atoms with van der Waals surface area (Å²) in [7, 11) is 1.42. The van der Waals surface area contributed by atoms with Crippen LogP contribution in [0.4, 0.5) is 0 Å². The van der Waals surface area contributed by atoms with Crippen LogP contribution < -0.4 is 10.1 Å². The summed E-state index contributed by atoms with van der Waals surface area (Å²) in [6, 6.07) is 11.4. The Morgan fingerprint density at radius 1 is 1.03 bits per heavy atom. The molecule has 0 atom stereocenters. The number of rotatable bonds is 9. The number of allylic oxidation sites excluding steroid dienone is 1. The van der Waals surface area contributed by atoms with Gasteiger partial charge in [-0.05, 0) is 61.9 Å². The Hall–Kier alpha value is -3.94. The van der Waals surface area contributed by atoms with E-state index < -0.39 is 12.6 Å². The van der Waals surface area contributed by atoms with Gasteiger partial charge in [-0.15, -0.1) is 0 Å². The lowest BCUT2D eigenvalue weighted by molar-refractivity contribution is -0.124. The van der Waals surface area contributed by atoms with Gasteiger partial charge >= 0.3 is 5.97 Å². The predicted octanol–water partition coefficient (Wildman–Crippen LogP) is 3.65. The van der Waals surface area contributed by atoms with E-state index >= 15 is 0 Å². The molecule has 2 aliphatic rings. The number of ether oxygens (including phenoxy) is 2. The highest BCUT2D eigenvalue weighted by Crippen LogP contribution is 2.27. The van der Waals surface area contributed by atoms with Crippen LogP contribution in [0.5, 0.6) is 5.75 Å². The lowest BCUT2D eigenvalue weighted by Crippen LogP contribution is -2.30. The number of benzene rings is 2. The second-order valence-corrected chi connectivity index (χ2v) is 8.56. The Bertz CT molecular complexity index is 1150. The Labute approximate surface area is 203 Å². The number of nitrogens with one attached hydrogen (secondary N) is 1. The maximum absolute atomic E-state index is 12.7. The molecule has 1 aliphatic heterocycles. The van der Waals surface area contributed by atoms with Crippen LogP contribution in [0.3, 0.4) is 0 Å². The van der Waals surface area contributed by atoms with Crippen molar-refractivity contribution in [3.63, 3.8) is 0 Å². The number of imide groups is 1. The van der Waals surface area contributed by atoms with Crippen molar-refractivity contribution in [3.05, 3.63) is 76.4 Å². The smallest absolute Gasteiger partial charge is 0.342 e. The standard InChI is InChI=1S/C27H28N2O6/c1-34-23-12-11-19(16-29-25(31)20-9-5-6-10-21(20)26(29)32)15-22(23)27(33)35-17-24(30)28-14-13-18-7-3-2-4-8-18/h5-7,9-12,15H,2-4,8,13-14,16-17H2,1H3,(H,28,30). The molecule has 0 unspecified atom stereocenters. The minimum absolute atomic E-state index is 0.00699. The van der Waals surface area contributed by atoms with Crippen LogP contribution in [0.25, 0.3) is 0 Å².